The molecule has 2 N–H and O–H groups in total. The van der Waals surface area contributed by atoms with Crippen LogP contribution in [-0.4, -0.2) is 19.5 Å². The summed E-state index contributed by atoms with van der Waals surface area (Å²) >= 11 is 5.88. The Labute approximate surface area is 181 Å². The van der Waals surface area contributed by atoms with Crippen LogP contribution in [0.15, 0.2) is 83.8 Å². The molecule has 7 heteroatoms. The van der Waals surface area contributed by atoms with Gasteiger partial charge >= 0.3 is 5.97 Å². The van der Waals surface area contributed by atoms with Gasteiger partial charge in [0.1, 0.15) is 0 Å². The predicted molar refractivity (Wildman–Crippen MR) is 117 cm³/mol. The van der Waals surface area contributed by atoms with Gasteiger partial charge < -0.3 is 5.11 Å². The third-order valence-corrected chi connectivity index (χ3v) is 6.39. The lowest BCUT2D eigenvalue weighted by Crippen LogP contribution is -2.29. The van der Waals surface area contributed by atoms with Crippen LogP contribution in [0.25, 0.3) is 0 Å². The third kappa shape index (κ3) is 5.92. The van der Waals surface area contributed by atoms with Crippen molar-refractivity contribution in [1.29, 1.82) is 0 Å². The van der Waals surface area contributed by atoms with Crippen LogP contribution in [0.4, 0.5) is 0 Å². The summed E-state index contributed by atoms with van der Waals surface area (Å²) in [6.07, 6.45) is 1.33. The fraction of sp³-hybridized carbons (Fsp3) is 0.174. The first-order valence-corrected chi connectivity index (χ1v) is 11.3. The highest BCUT2D eigenvalue weighted by molar-refractivity contribution is 7.89. The van der Waals surface area contributed by atoms with E-state index in [0.717, 1.165) is 16.7 Å². The maximum atomic E-state index is 13.0. The summed E-state index contributed by atoms with van der Waals surface area (Å²) in [7, 11) is -3.78. The quantitative estimate of drug-likeness (QED) is 0.496. The summed E-state index contributed by atoms with van der Waals surface area (Å²) in [5.74, 6) is -0.813. The van der Waals surface area contributed by atoms with Crippen LogP contribution in [0, 0.1) is 0 Å². The van der Waals surface area contributed by atoms with Gasteiger partial charge in [-0.05, 0) is 53.8 Å². The van der Waals surface area contributed by atoms with Gasteiger partial charge in [-0.2, -0.15) is 4.72 Å². The van der Waals surface area contributed by atoms with Gasteiger partial charge in [-0.25, -0.2) is 8.42 Å². The van der Waals surface area contributed by atoms with E-state index in [9.17, 15) is 13.2 Å². The number of carboxylic acids is 1. The molecule has 0 spiro atoms. The highest BCUT2D eigenvalue weighted by atomic mass is 35.5. The van der Waals surface area contributed by atoms with E-state index >= 15 is 0 Å². The fourth-order valence-corrected chi connectivity index (χ4v) is 4.47. The molecular formula is C23H22ClNO4S. The van der Waals surface area contributed by atoms with Crippen LogP contribution in [-0.2, 0) is 21.2 Å². The largest absolute Gasteiger partial charge is 0.481 e. The second-order valence-corrected chi connectivity index (χ2v) is 9.06. The maximum Gasteiger partial charge on any atom is 0.303 e. The molecule has 0 fully saturated rings. The van der Waals surface area contributed by atoms with E-state index in [1.165, 1.54) is 12.1 Å². The Morgan fingerprint density at radius 3 is 2.10 bits per heavy atom. The van der Waals surface area contributed by atoms with Crippen LogP contribution in [0.2, 0.25) is 5.02 Å². The van der Waals surface area contributed by atoms with E-state index in [1.807, 2.05) is 54.6 Å². The molecule has 0 aliphatic carbocycles. The first-order chi connectivity index (χ1) is 14.3. The normalized spacial score (nSPS) is 12.4. The van der Waals surface area contributed by atoms with E-state index in [-0.39, 0.29) is 11.3 Å². The summed E-state index contributed by atoms with van der Waals surface area (Å²) in [6, 6.07) is 22.4. The van der Waals surface area contributed by atoms with Crippen molar-refractivity contribution in [2.24, 2.45) is 0 Å². The van der Waals surface area contributed by atoms with E-state index < -0.39 is 22.0 Å². The molecule has 0 aromatic heterocycles. The molecule has 0 radical (unpaired) electrons. The standard InChI is InChI=1S/C23H22ClNO4S/c24-20-13-15-21(16-14-20)30(28,29)25-23(18-6-2-1-3-7-18)19-11-9-17(10-12-19)5-4-8-22(26)27/h1-3,6-7,9-16,23,25H,4-5,8H2,(H,26,27)/t23-/m0/s1. The van der Waals surface area contributed by atoms with E-state index in [2.05, 4.69) is 4.72 Å². The van der Waals surface area contributed by atoms with Crippen molar-refractivity contribution in [3.63, 3.8) is 0 Å². The van der Waals surface area contributed by atoms with Gasteiger partial charge in [-0.1, -0.05) is 66.2 Å². The fourth-order valence-electron chi connectivity index (χ4n) is 3.13. The molecule has 0 saturated carbocycles. The Balaban J connectivity index is 1.86. The summed E-state index contributed by atoms with van der Waals surface area (Å²) < 4.78 is 28.7. The van der Waals surface area contributed by atoms with Crippen molar-refractivity contribution in [2.45, 2.75) is 30.2 Å². The number of carbonyl (C=O) groups is 1. The van der Waals surface area contributed by atoms with E-state index in [1.54, 1.807) is 12.1 Å². The number of sulfonamides is 1. The number of carboxylic acid groups (broad SMARTS) is 1. The Kier molecular flexibility index (Phi) is 7.26. The molecule has 0 aliphatic heterocycles. The Morgan fingerprint density at radius 1 is 0.900 bits per heavy atom. The van der Waals surface area contributed by atoms with Crippen LogP contribution >= 0.6 is 11.6 Å². The molecular weight excluding hydrogens is 422 g/mol. The molecule has 0 heterocycles. The molecule has 0 unspecified atom stereocenters. The summed E-state index contributed by atoms with van der Waals surface area (Å²) in [6.45, 7) is 0. The van der Waals surface area contributed by atoms with Crippen molar-refractivity contribution in [1.82, 2.24) is 4.72 Å². The molecule has 0 amide bonds. The molecule has 156 valence electrons. The maximum absolute atomic E-state index is 13.0. The van der Waals surface area contributed by atoms with Crippen molar-refractivity contribution in [3.8, 4) is 0 Å². The summed E-state index contributed by atoms with van der Waals surface area (Å²) in [4.78, 5) is 10.8. The van der Waals surface area contributed by atoms with Crippen LogP contribution in [0.3, 0.4) is 0 Å². The number of aliphatic carboxylic acids is 1. The van der Waals surface area contributed by atoms with Crippen molar-refractivity contribution in [2.75, 3.05) is 0 Å². The van der Waals surface area contributed by atoms with Gasteiger partial charge in [-0.15, -0.1) is 0 Å². The Hall–Kier alpha value is -2.67. The van der Waals surface area contributed by atoms with E-state index in [0.29, 0.717) is 17.9 Å². The number of halogens is 1. The summed E-state index contributed by atoms with van der Waals surface area (Å²) in [5.41, 5.74) is 2.61. The summed E-state index contributed by atoms with van der Waals surface area (Å²) in [5, 5.41) is 9.24. The lowest BCUT2D eigenvalue weighted by Gasteiger charge is -2.20. The molecule has 5 nitrogen and oxygen atoms in total. The van der Waals surface area contributed by atoms with Gasteiger partial charge in [0.05, 0.1) is 10.9 Å². The highest BCUT2D eigenvalue weighted by Crippen LogP contribution is 2.26. The Morgan fingerprint density at radius 2 is 1.50 bits per heavy atom. The predicted octanol–water partition coefficient (Wildman–Crippen LogP) is 4.82. The molecule has 30 heavy (non-hydrogen) atoms. The average molecular weight is 444 g/mol. The zero-order valence-electron chi connectivity index (χ0n) is 16.2. The van der Waals surface area contributed by atoms with Gasteiger partial charge in [0.15, 0.2) is 0 Å². The smallest absolute Gasteiger partial charge is 0.303 e. The Bertz CT molecular complexity index is 1080. The monoisotopic (exact) mass is 443 g/mol. The third-order valence-electron chi connectivity index (χ3n) is 4.70. The lowest BCUT2D eigenvalue weighted by atomic mass is 9.97. The zero-order chi connectivity index (χ0) is 21.6. The average Bonchev–Trinajstić information content (AvgIpc) is 2.73. The first-order valence-electron chi connectivity index (χ1n) is 9.48. The zero-order valence-corrected chi connectivity index (χ0v) is 17.7. The molecule has 0 aliphatic rings. The molecule has 1 atom stereocenters. The SMILES string of the molecule is O=C(O)CCCc1ccc([C@@H](NS(=O)(=O)c2ccc(Cl)cc2)c2ccccc2)cc1. The van der Waals surface area contributed by atoms with Crippen molar-refractivity contribution >= 4 is 27.6 Å². The topological polar surface area (TPSA) is 83.5 Å². The van der Waals surface area contributed by atoms with Crippen molar-refractivity contribution in [3.05, 3.63) is 101 Å². The first kappa shape index (κ1) is 22.0. The van der Waals surface area contributed by atoms with Crippen LogP contribution in [0.1, 0.15) is 35.6 Å². The van der Waals surface area contributed by atoms with Gasteiger partial charge in [0.2, 0.25) is 10.0 Å². The highest BCUT2D eigenvalue weighted by Gasteiger charge is 2.23. The molecule has 3 aromatic carbocycles. The number of nitrogens with one attached hydrogen (secondary N) is 1. The van der Waals surface area contributed by atoms with E-state index in [4.69, 9.17) is 16.7 Å². The number of aryl methyl sites for hydroxylation is 1. The lowest BCUT2D eigenvalue weighted by molar-refractivity contribution is -0.137. The number of benzene rings is 3. The minimum Gasteiger partial charge on any atom is -0.481 e. The van der Waals surface area contributed by atoms with Crippen molar-refractivity contribution < 1.29 is 18.3 Å². The second kappa shape index (κ2) is 9.89. The van der Waals surface area contributed by atoms with Gasteiger partial charge in [0, 0.05) is 11.4 Å². The minimum atomic E-state index is -3.78. The minimum absolute atomic E-state index is 0.120. The molecule has 0 saturated heterocycles. The van der Waals surface area contributed by atoms with Gasteiger partial charge in [0.25, 0.3) is 0 Å². The molecule has 3 aromatic rings. The molecule has 0 bridgehead atoms. The van der Waals surface area contributed by atoms with Crippen LogP contribution in [0.5, 0.6) is 0 Å². The second-order valence-electron chi connectivity index (χ2n) is 6.91. The molecule has 3 rings (SSSR count). The van der Waals surface area contributed by atoms with Gasteiger partial charge in [-0.3, -0.25) is 4.79 Å². The number of hydrogen-bond donors (Lipinski definition) is 2. The number of hydrogen-bond acceptors (Lipinski definition) is 3. The number of rotatable bonds is 9. The van der Waals surface area contributed by atoms with Crippen LogP contribution < -0.4 is 4.72 Å².